The molecule has 0 aliphatic heterocycles. The number of nitrogens with two attached hydrogens (primary N) is 1. The molecule has 3 aromatic rings. The minimum Gasteiger partial charge on any atom is -0.480 e. The third-order valence-corrected chi connectivity index (χ3v) is 5.22. The summed E-state index contributed by atoms with van der Waals surface area (Å²) in [6, 6.07) is 5.64. The number of hydrogen-bond donors (Lipinski definition) is 5. The molecule has 0 radical (unpaired) electrons. The lowest BCUT2D eigenvalue weighted by Gasteiger charge is -2.15. The molecule has 1 aromatic carbocycles. The smallest absolute Gasteiger partial charge is 0.326 e. The van der Waals surface area contributed by atoms with Gasteiger partial charge in [-0.15, -0.1) is 0 Å². The molecule has 0 fully saturated rings. The minimum atomic E-state index is -1.06. The molecule has 0 bridgehead atoms. The van der Waals surface area contributed by atoms with Crippen molar-refractivity contribution in [3.8, 4) is 0 Å². The maximum atomic E-state index is 12.5. The molecule has 2 aromatic heterocycles. The van der Waals surface area contributed by atoms with Crippen molar-refractivity contribution < 1.29 is 14.7 Å². The van der Waals surface area contributed by atoms with E-state index < -0.39 is 17.9 Å². The van der Waals surface area contributed by atoms with Crippen molar-refractivity contribution in [2.75, 3.05) is 6.54 Å². The van der Waals surface area contributed by atoms with Gasteiger partial charge in [-0.05, 0) is 37.1 Å². The molecule has 1 unspecified atom stereocenters. The van der Waals surface area contributed by atoms with E-state index in [4.69, 9.17) is 5.73 Å². The third-order valence-electron chi connectivity index (χ3n) is 5.22. The Morgan fingerprint density at radius 3 is 2.62 bits per heavy atom. The molecule has 6 N–H and O–H groups in total. The normalized spacial score (nSPS) is 12.9. The first-order valence-corrected chi connectivity index (χ1v) is 10.5. The van der Waals surface area contributed by atoms with Crippen molar-refractivity contribution in [3.63, 3.8) is 0 Å². The van der Waals surface area contributed by atoms with Crippen LogP contribution in [0.25, 0.3) is 0 Å². The maximum absolute atomic E-state index is 12.5. The number of nitrogens with one attached hydrogen (secondary N) is 3. The number of aliphatic carboxylic acids is 1. The van der Waals surface area contributed by atoms with E-state index in [9.17, 15) is 14.7 Å². The van der Waals surface area contributed by atoms with Gasteiger partial charge in [0.05, 0.1) is 6.54 Å². The van der Waals surface area contributed by atoms with Crippen LogP contribution in [0.15, 0.2) is 49.1 Å². The van der Waals surface area contributed by atoms with Crippen LogP contribution in [-0.4, -0.2) is 49.1 Å². The van der Waals surface area contributed by atoms with Crippen molar-refractivity contribution >= 4 is 11.9 Å². The number of carbonyl (C=O) groups is 2. The summed E-state index contributed by atoms with van der Waals surface area (Å²) in [6.45, 7) is 1.22. The zero-order chi connectivity index (χ0) is 22.9. The van der Waals surface area contributed by atoms with Crippen LogP contribution in [0.5, 0.6) is 0 Å². The number of amides is 1. The zero-order valence-corrected chi connectivity index (χ0v) is 18.0. The van der Waals surface area contributed by atoms with Crippen LogP contribution >= 0.6 is 0 Å². The van der Waals surface area contributed by atoms with Gasteiger partial charge in [-0.25, -0.2) is 14.8 Å². The van der Waals surface area contributed by atoms with Gasteiger partial charge >= 0.3 is 5.97 Å². The van der Waals surface area contributed by atoms with E-state index in [1.165, 1.54) is 0 Å². The van der Waals surface area contributed by atoms with Gasteiger partial charge < -0.3 is 31.0 Å². The summed E-state index contributed by atoms with van der Waals surface area (Å²) in [6.07, 6.45) is 8.48. The van der Waals surface area contributed by atoms with Gasteiger partial charge in [0.25, 0.3) is 5.91 Å². The van der Waals surface area contributed by atoms with Gasteiger partial charge in [0.15, 0.2) is 0 Å². The Balaban J connectivity index is 1.46. The Morgan fingerprint density at radius 1 is 1.22 bits per heavy atom. The molecular formula is C22H29N7O3. The first-order valence-electron chi connectivity index (χ1n) is 10.5. The largest absolute Gasteiger partial charge is 0.480 e. The first kappa shape index (κ1) is 23.2. The van der Waals surface area contributed by atoms with Crippen LogP contribution in [-0.2, 0) is 24.8 Å². The monoisotopic (exact) mass is 439 g/mol. The van der Waals surface area contributed by atoms with Crippen LogP contribution in [0.1, 0.15) is 46.5 Å². The predicted molar refractivity (Wildman–Crippen MR) is 119 cm³/mol. The predicted octanol–water partition coefficient (Wildman–Crippen LogP) is 1.14. The number of rotatable bonds is 12. The first-order chi connectivity index (χ1) is 15.4. The highest BCUT2D eigenvalue weighted by atomic mass is 16.4. The molecule has 0 aliphatic rings. The summed E-state index contributed by atoms with van der Waals surface area (Å²) in [5.74, 6) is 0.211. The molecule has 170 valence electrons. The molecule has 3 rings (SSSR count). The number of carbonyl (C=O) groups excluding carboxylic acids is 1. The molecule has 0 saturated heterocycles. The second-order valence-corrected chi connectivity index (χ2v) is 7.61. The van der Waals surface area contributed by atoms with E-state index in [-0.39, 0.29) is 6.04 Å². The van der Waals surface area contributed by atoms with E-state index in [0.29, 0.717) is 37.9 Å². The van der Waals surface area contributed by atoms with Gasteiger partial charge in [-0.2, -0.15) is 0 Å². The molecule has 0 aliphatic carbocycles. The summed E-state index contributed by atoms with van der Waals surface area (Å²) >= 11 is 0. The molecule has 0 saturated carbocycles. The third kappa shape index (κ3) is 6.50. The van der Waals surface area contributed by atoms with Gasteiger partial charge in [0.1, 0.15) is 17.7 Å². The Bertz CT molecular complexity index is 999. The van der Waals surface area contributed by atoms with Gasteiger partial charge in [-0.3, -0.25) is 4.79 Å². The average Bonchev–Trinajstić information content (AvgIpc) is 3.44. The van der Waals surface area contributed by atoms with Crippen molar-refractivity contribution in [1.82, 2.24) is 30.2 Å². The summed E-state index contributed by atoms with van der Waals surface area (Å²) in [5.41, 5.74) is 7.46. The summed E-state index contributed by atoms with van der Waals surface area (Å²) < 4.78 is 1.92. The number of aryl methyl sites for hydroxylation is 1. The van der Waals surface area contributed by atoms with Crippen LogP contribution in [0.4, 0.5) is 0 Å². The summed E-state index contributed by atoms with van der Waals surface area (Å²) in [4.78, 5) is 35.5. The fourth-order valence-corrected chi connectivity index (χ4v) is 3.31. The summed E-state index contributed by atoms with van der Waals surface area (Å²) in [5, 5.41) is 15.3. The topological polar surface area (TPSA) is 151 Å². The van der Waals surface area contributed by atoms with Crippen molar-refractivity contribution in [2.24, 2.45) is 12.8 Å². The van der Waals surface area contributed by atoms with E-state index in [0.717, 1.165) is 17.2 Å². The van der Waals surface area contributed by atoms with E-state index in [1.807, 2.05) is 17.8 Å². The van der Waals surface area contributed by atoms with E-state index in [1.54, 1.807) is 42.9 Å². The van der Waals surface area contributed by atoms with Gasteiger partial charge in [-0.1, -0.05) is 12.1 Å². The number of benzene rings is 1. The average molecular weight is 440 g/mol. The number of carboxylic acids is 1. The van der Waals surface area contributed by atoms with Crippen molar-refractivity contribution in [1.29, 1.82) is 0 Å². The number of aromatic amines is 1. The Kier molecular flexibility index (Phi) is 8.12. The number of carboxylic acid groups (broad SMARTS) is 1. The molecular weight excluding hydrogens is 410 g/mol. The second kappa shape index (κ2) is 11.2. The number of imidazole rings is 2. The van der Waals surface area contributed by atoms with Gasteiger partial charge in [0.2, 0.25) is 0 Å². The lowest BCUT2D eigenvalue weighted by molar-refractivity contribution is -0.139. The Labute approximate surface area is 186 Å². The molecule has 10 heteroatoms. The molecule has 32 heavy (non-hydrogen) atoms. The van der Waals surface area contributed by atoms with Crippen molar-refractivity contribution in [2.45, 2.75) is 37.9 Å². The van der Waals surface area contributed by atoms with Crippen molar-refractivity contribution in [3.05, 3.63) is 71.8 Å². The molecule has 1 amide bonds. The Hall–Kier alpha value is -3.50. The minimum absolute atomic E-state index is 0.261. The highest BCUT2D eigenvalue weighted by molar-refractivity contribution is 5.96. The van der Waals surface area contributed by atoms with Gasteiger partial charge in [0, 0.05) is 49.9 Å². The van der Waals surface area contributed by atoms with Crippen LogP contribution in [0.2, 0.25) is 0 Å². The highest BCUT2D eigenvalue weighted by Crippen LogP contribution is 2.15. The summed E-state index contributed by atoms with van der Waals surface area (Å²) in [7, 11) is 1.92. The highest BCUT2D eigenvalue weighted by Gasteiger charge is 2.20. The second-order valence-electron chi connectivity index (χ2n) is 7.61. The zero-order valence-electron chi connectivity index (χ0n) is 18.0. The standard InChI is InChI=1S/C22H29N7O3/c1-29-12-11-27-20(29)14-24-8-2-3-18(22(31)32)28-21(30)16-6-4-15(5-7-16)17(23)13-19-25-9-10-26-19/h4-7,9-12,17-18,24H,2-3,8,13-14,23H2,1H3,(H,25,26)(H,28,30)(H,31,32)/t17?,18-/m0/s1. The maximum Gasteiger partial charge on any atom is 0.326 e. The molecule has 10 nitrogen and oxygen atoms in total. The number of H-pyrrole nitrogens is 1. The molecule has 2 atom stereocenters. The quantitative estimate of drug-likeness (QED) is 0.265. The van der Waals surface area contributed by atoms with Crippen LogP contribution < -0.4 is 16.4 Å². The van der Waals surface area contributed by atoms with E-state index in [2.05, 4.69) is 25.6 Å². The molecule has 2 heterocycles. The number of aromatic nitrogens is 4. The SMILES string of the molecule is Cn1ccnc1CNCCC[C@H](NC(=O)c1ccc(C(N)Cc2ncc[nH]2)cc1)C(=O)O. The van der Waals surface area contributed by atoms with Crippen LogP contribution in [0, 0.1) is 0 Å². The molecule has 0 spiro atoms. The van der Waals surface area contributed by atoms with Crippen LogP contribution in [0.3, 0.4) is 0 Å². The lowest BCUT2D eigenvalue weighted by Crippen LogP contribution is -2.41. The number of hydrogen-bond acceptors (Lipinski definition) is 6. The fraction of sp³-hybridized carbons (Fsp3) is 0.364. The Morgan fingerprint density at radius 2 is 2.00 bits per heavy atom. The lowest BCUT2D eigenvalue weighted by atomic mass is 10.0. The fourth-order valence-electron chi connectivity index (χ4n) is 3.31. The number of nitrogens with zero attached hydrogens (tertiary/aromatic N) is 3. The van der Waals surface area contributed by atoms with E-state index >= 15 is 0 Å².